The molecule has 1 N–H and O–H groups in total. The van der Waals surface area contributed by atoms with Crippen LogP contribution >= 0.6 is 11.6 Å². The molecule has 1 aromatic heterocycles. The van der Waals surface area contributed by atoms with Crippen LogP contribution in [0.4, 0.5) is 5.82 Å². The van der Waals surface area contributed by atoms with Crippen LogP contribution in [0, 0.1) is 0 Å². The first-order valence-electron chi connectivity index (χ1n) is 4.96. The molecule has 0 spiro atoms. The second-order valence-corrected chi connectivity index (χ2v) is 4.39. The average Bonchev–Trinajstić information content (AvgIpc) is 2.65. The Kier molecular flexibility index (Phi) is 3.07. The highest BCUT2D eigenvalue weighted by molar-refractivity contribution is 6.32. The van der Waals surface area contributed by atoms with E-state index >= 15 is 0 Å². The summed E-state index contributed by atoms with van der Waals surface area (Å²) in [4.78, 5) is 18.7. The van der Waals surface area contributed by atoms with Crippen molar-refractivity contribution in [3.05, 3.63) is 17.0 Å². The highest BCUT2D eigenvalue weighted by atomic mass is 35.5. The number of carbonyl (C=O) groups is 1. The smallest absolute Gasteiger partial charge is 0.156 e. The predicted octanol–water partition coefficient (Wildman–Crippen LogP) is 1.53. The molecule has 0 radical (unpaired) electrons. The second-order valence-electron chi connectivity index (χ2n) is 4.03. The van der Waals surface area contributed by atoms with Crippen molar-refractivity contribution in [3.8, 4) is 0 Å². The zero-order valence-electron chi connectivity index (χ0n) is 8.86. The lowest BCUT2D eigenvalue weighted by atomic mass is 10.0. The number of ether oxygens (including phenoxy) is 1. The summed E-state index contributed by atoms with van der Waals surface area (Å²) < 4.78 is 5.31. The van der Waals surface area contributed by atoms with Crippen molar-refractivity contribution in [2.45, 2.75) is 18.9 Å². The normalized spacial score (nSPS) is 24.4. The van der Waals surface area contributed by atoms with Crippen molar-refractivity contribution in [1.29, 1.82) is 0 Å². The summed E-state index contributed by atoms with van der Waals surface area (Å²) in [7, 11) is 0. The van der Waals surface area contributed by atoms with Crippen LogP contribution in [0.25, 0.3) is 0 Å². The molecule has 1 unspecified atom stereocenters. The molecule has 2 rings (SSSR count). The van der Waals surface area contributed by atoms with Gasteiger partial charge in [0.25, 0.3) is 0 Å². The second kappa shape index (κ2) is 4.35. The van der Waals surface area contributed by atoms with E-state index in [1.807, 2.05) is 6.92 Å². The maximum Gasteiger partial charge on any atom is 0.156 e. The molecule has 1 aromatic rings. The van der Waals surface area contributed by atoms with E-state index in [1.165, 1.54) is 6.33 Å². The molecule has 1 atom stereocenters. The Morgan fingerprint density at radius 2 is 2.44 bits per heavy atom. The maximum absolute atomic E-state index is 10.9. The summed E-state index contributed by atoms with van der Waals surface area (Å²) in [5.74, 6) is 0.461. The minimum Gasteiger partial charge on any atom is -0.379 e. The Hall–Kier alpha value is -1.20. The first-order chi connectivity index (χ1) is 7.64. The third-order valence-electron chi connectivity index (χ3n) is 2.59. The SMILES string of the molecule is CC1(Nc2ncnc(Cl)c2C=O)CCOC1. The first kappa shape index (κ1) is 11.3. The molecule has 6 heteroatoms. The molecule has 0 amide bonds. The monoisotopic (exact) mass is 241 g/mol. The highest BCUT2D eigenvalue weighted by Gasteiger charge is 2.30. The van der Waals surface area contributed by atoms with Gasteiger partial charge in [-0.2, -0.15) is 0 Å². The largest absolute Gasteiger partial charge is 0.379 e. The van der Waals surface area contributed by atoms with Gasteiger partial charge in [-0.05, 0) is 13.3 Å². The minimum atomic E-state index is -0.199. The van der Waals surface area contributed by atoms with E-state index in [9.17, 15) is 4.79 Å². The summed E-state index contributed by atoms with van der Waals surface area (Å²) in [6, 6.07) is 0. The van der Waals surface area contributed by atoms with Crippen LogP contribution in [0.5, 0.6) is 0 Å². The molecule has 1 saturated heterocycles. The Balaban J connectivity index is 2.27. The van der Waals surface area contributed by atoms with Gasteiger partial charge >= 0.3 is 0 Å². The van der Waals surface area contributed by atoms with Gasteiger partial charge in [0.2, 0.25) is 0 Å². The summed E-state index contributed by atoms with van der Waals surface area (Å²) in [6.07, 6.45) is 2.85. The molecule has 1 aliphatic rings. The van der Waals surface area contributed by atoms with E-state index in [-0.39, 0.29) is 16.3 Å². The van der Waals surface area contributed by atoms with Gasteiger partial charge < -0.3 is 10.1 Å². The summed E-state index contributed by atoms with van der Waals surface area (Å²) in [6.45, 7) is 3.32. The molecule has 0 bridgehead atoms. The fourth-order valence-corrected chi connectivity index (χ4v) is 1.81. The number of hydrogen-bond donors (Lipinski definition) is 1. The van der Waals surface area contributed by atoms with Gasteiger partial charge in [0.15, 0.2) is 6.29 Å². The molecular weight excluding hydrogens is 230 g/mol. The number of halogens is 1. The van der Waals surface area contributed by atoms with E-state index in [4.69, 9.17) is 16.3 Å². The fourth-order valence-electron chi connectivity index (χ4n) is 1.63. The lowest BCUT2D eigenvalue weighted by Gasteiger charge is -2.24. The third-order valence-corrected chi connectivity index (χ3v) is 2.89. The van der Waals surface area contributed by atoms with Crippen molar-refractivity contribution in [2.24, 2.45) is 0 Å². The average molecular weight is 242 g/mol. The van der Waals surface area contributed by atoms with Gasteiger partial charge in [0, 0.05) is 6.61 Å². The van der Waals surface area contributed by atoms with Gasteiger partial charge in [-0.1, -0.05) is 11.6 Å². The Bertz CT molecular complexity index is 405. The number of aldehydes is 1. The molecule has 0 saturated carbocycles. The molecular formula is C10H12ClN3O2. The van der Waals surface area contributed by atoms with Gasteiger partial charge in [0.1, 0.15) is 17.3 Å². The molecule has 2 heterocycles. The van der Waals surface area contributed by atoms with E-state index in [2.05, 4.69) is 15.3 Å². The van der Waals surface area contributed by atoms with E-state index in [0.717, 1.165) is 6.42 Å². The molecule has 5 nitrogen and oxygen atoms in total. The highest BCUT2D eigenvalue weighted by Crippen LogP contribution is 2.25. The third kappa shape index (κ3) is 2.15. The Morgan fingerprint density at radius 3 is 3.06 bits per heavy atom. The van der Waals surface area contributed by atoms with Gasteiger partial charge in [-0.3, -0.25) is 4.79 Å². The minimum absolute atomic E-state index is 0.162. The van der Waals surface area contributed by atoms with Gasteiger partial charge in [0.05, 0.1) is 17.7 Å². The quantitative estimate of drug-likeness (QED) is 0.642. The summed E-state index contributed by atoms with van der Waals surface area (Å²) in [5, 5.41) is 3.35. The predicted molar refractivity (Wildman–Crippen MR) is 59.9 cm³/mol. The topological polar surface area (TPSA) is 64.1 Å². The summed E-state index contributed by atoms with van der Waals surface area (Å²) >= 11 is 5.81. The van der Waals surface area contributed by atoms with Crippen molar-refractivity contribution in [3.63, 3.8) is 0 Å². The standard InChI is InChI=1S/C10H12ClN3O2/c1-10(2-3-16-5-10)14-9-7(4-15)8(11)12-6-13-9/h4,6H,2-3,5H2,1H3,(H,12,13,14). The van der Waals surface area contributed by atoms with Crippen LogP contribution < -0.4 is 5.32 Å². The Labute approximate surface area is 98.2 Å². The number of aromatic nitrogens is 2. The Morgan fingerprint density at radius 1 is 1.62 bits per heavy atom. The molecule has 1 aliphatic heterocycles. The van der Waals surface area contributed by atoms with Crippen LogP contribution in [-0.2, 0) is 4.74 Å². The number of rotatable bonds is 3. The van der Waals surface area contributed by atoms with Crippen LogP contribution in [0.1, 0.15) is 23.7 Å². The van der Waals surface area contributed by atoms with Gasteiger partial charge in [-0.15, -0.1) is 0 Å². The fraction of sp³-hybridized carbons (Fsp3) is 0.500. The van der Waals surface area contributed by atoms with Crippen molar-refractivity contribution >= 4 is 23.7 Å². The number of nitrogens with one attached hydrogen (secondary N) is 1. The first-order valence-corrected chi connectivity index (χ1v) is 5.34. The maximum atomic E-state index is 10.9. The van der Waals surface area contributed by atoms with Crippen LogP contribution in [0.3, 0.4) is 0 Å². The van der Waals surface area contributed by atoms with E-state index < -0.39 is 0 Å². The van der Waals surface area contributed by atoms with E-state index in [1.54, 1.807) is 0 Å². The van der Waals surface area contributed by atoms with Crippen LogP contribution in [-0.4, -0.2) is 35.0 Å². The zero-order valence-corrected chi connectivity index (χ0v) is 9.62. The number of anilines is 1. The zero-order chi connectivity index (χ0) is 11.6. The lowest BCUT2D eigenvalue weighted by molar-refractivity contribution is 0.112. The van der Waals surface area contributed by atoms with Crippen molar-refractivity contribution < 1.29 is 9.53 Å². The van der Waals surface area contributed by atoms with E-state index in [0.29, 0.717) is 25.3 Å². The van der Waals surface area contributed by atoms with Crippen molar-refractivity contribution in [2.75, 3.05) is 18.5 Å². The number of nitrogens with zero attached hydrogens (tertiary/aromatic N) is 2. The molecule has 86 valence electrons. The van der Waals surface area contributed by atoms with Gasteiger partial charge in [-0.25, -0.2) is 9.97 Å². The number of carbonyl (C=O) groups excluding carboxylic acids is 1. The molecule has 1 fully saturated rings. The van der Waals surface area contributed by atoms with Crippen LogP contribution in [0.15, 0.2) is 6.33 Å². The lowest BCUT2D eigenvalue weighted by Crippen LogP contribution is -2.35. The molecule has 0 aromatic carbocycles. The van der Waals surface area contributed by atoms with Crippen molar-refractivity contribution in [1.82, 2.24) is 9.97 Å². The summed E-state index contributed by atoms with van der Waals surface area (Å²) in [5.41, 5.74) is 0.0902. The number of hydrogen-bond acceptors (Lipinski definition) is 5. The molecule has 16 heavy (non-hydrogen) atoms. The van der Waals surface area contributed by atoms with Crippen LogP contribution in [0.2, 0.25) is 5.15 Å². The molecule has 0 aliphatic carbocycles.